The van der Waals surface area contributed by atoms with Crippen molar-refractivity contribution >= 4 is 29.3 Å². The van der Waals surface area contributed by atoms with Gasteiger partial charge in [0.2, 0.25) is 0 Å². The quantitative estimate of drug-likeness (QED) is 0.320. The van der Waals surface area contributed by atoms with E-state index in [1.54, 1.807) is 19.1 Å². The molecule has 0 aliphatic heterocycles. The van der Waals surface area contributed by atoms with Crippen LogP contribution in [0, 0.1) is 10.1 Å². The number of fused-ring (bicyclic) bond motifs is 1. The van der Waals surface area contributed by atoms with Crippen molar-refractivity contribution in [2.24, 2.45) is 0 Å². The molecule has 8 heteroatoms. The number of ether oxygens (including phenoxy) is 1. The van der Waals surface area contributed by atoms with Crippen molar-refractivity contribution in [1.29, 1.82) is 0 Å². The highest BCUT2D eigenvalue weighted by atomic mass is 32.2. The Balaban J connectivity index is 1.48. The predicted octanol–water partition coefficient (Wildman–Crippen LogP) is 3.81. The van der Waals surface area contributed by atoms with Gasteiger partial charge in [0, 0.05) is 17.0 Å². The van der Waals surface area contributed by atoms with Gasteiger partial charge in [-0.2, -0.15) is 0 Å². The summed E-state index contributed by atoms with van der Waals surface area (Å²) in [6.45, 7) is 1.55. The lowest BCUT2D eigenvalue weighted by atomic mass is 9.87. The highest BCUT2D eigenvalue weighted by molar-refractivity contribution is 8.00. The summed E-state index contributed by atoms with van der Waals surface area (Å²) < 4.78 is 5.25. The largest absolute Gasteiger partial charge is 0.452 e. The van der Waals surface area contributed by atoms with Gasteiger partial charge < -0.3 is 10.1 Å². The third kappa shape index (κ3) is 5.57. The van der Waals surface area contributed by atoms with Gasteiger partial charge in [0.25, 0.3) is 11.6 Å². The molecule has 7 nitrogen and oxygen atoms in total. The molecular formula is C21H22N2O5S. The summed E-state index contributed by atoms with van der Waals surface area (Å²) in [6, 6.07) is 13.9. The fraction of sp³-hybridized carbons (Fsp3) is 0.333. The molecule has 2 aromatic carbocycles. The average Bonchev–Trinajstić information content (AvgIpc) is 2.72. The minimum absolute atomic E-state index is 0.00786. The second-order valence-electron chi connectivity index (χ2n) is 6.82. The summed E-state index contributed by atoms with van der Waals surface area (Å²) in [5.74, 6) is -0.817. The van der Waals surface area contributed by atoms with Crippen molar-refractivity contribution in [3.63, 3.8) is 0 Å². The fourth-order valence-corrected chi connectivity index (χ4v) is 3.97. The van der Waals surface area contributed by atoms with Gasteiger partial charge in [-0.3, -0.25) is 19.7 Å². The molecule has 3 rings (SSSR count). The zero-order valence-electron chi connectivity index (χ0n) is 16.0. The second kappa shape index (κ2) is 9.56. The lowest BCUT2D eigenvalue weighted by molar-refractivity contribution is -0.384. The van der Waals surface area contributed by atoms with E-state index in [9.17, 15) is 19.7 Å². The smallest absolute Gasteiger partial charge is 0.317 e. The Morgan fingerprint density at radius 2 is 1.97 bits per heavy atom. The molecule has 1 N–H and O–H groups in total. The lowest BCUT2D eigenvalue weighted by Gasteiger charge is -2.27. The number of non-ortho nitro benzene ring substituents is 1. The first-order valence-corrected chi connectivity index (χ1v) is 10.4. The fourth-order valence-electron chi connectivity index (χ4n) is 3.28. The number of rotatable bonds is 7. The van der Waals surface area contributed by atoms with Crippen LogP contribution < -0.4 is 5.32 Å². The molecular weight excluding hydrogens is 392 g/mol. The van der Waals surface area contributed by atoms with Gasteiger partial charge in [-0.15, -0.1) is 11.8 Å². The van der Waals surface area contributed by atoms with Crippen LogP contribution in [0.25, 0.3) is 0 Å². The molecule has 0 heterocycles. The van der Waals surface area contributed by atoms with Crippen LogP contribution in [0.1, 0.15) is 36.9 Å². The standard InChI is InChI=1S/C21H22N2O5S/c1-14(21(25)22-19-8-4-6-15-5-2-3-7-18(15)19)28-20(24)13-29-17-11-9-16(10-12-17)23(26)27/h2-3,5,7,9-12,14,19H,4,6,8,13H2,1H3,(H,22,25)/t14-,19+/m0/s1. The van der Waals surface area contributed by atoms with Crippen molar-refractivity contribution in [1.82, 2.24) is 5.32 Å². The van der Waals surface area contributed by atoms with Crippen LogP contribution in [0.3, 0.4) is 0 Å². The van der Waals surface area contributed by atoms with Gasteiger partial charge in [0.05, 0.1) is 16.7 Å². The summed E-state index contributed by atoms with van der Waals surface area (Å²) >= 11 is 1.20. The summed E-state index contributed by atoms with van der Waals surface area (Å²) in [7, 11) is 0. The Kier molecular flexibility index (Phi) is 6.87. The van der Waals surface area contributed by atoms with Crippen molar-refractivity contribution in [2.75, 3.05) is 5.75 Å². The van der Waals surface area contributed by atoms with E-state index < -0.39 is 17.0 Å². The van der Waals surface area contributed by atoms with E-state index in [2.05, 4.69) is 11.4 Å². The maximum Gasteiger partial charge on any atom is 0.317 e. The Bertz CT molecular complexity index is 900. The van der Waals surface area contributed by atoms with E-state index in [1.807, 2.05) is 18.2 Å². The van der Waals surface area contributed by atoms with Gasteiger partial charge in [0.1, 0.15) is 0 Å². The van der Waals surface area contributed by atoms with E-state index in [0.29, 0.717) is 4.90 Å². The number of nitrogens with zero attached hydrogens (tertiary/aromatic N) is 1. The average molecular weight is 414 g/mol. The van der Waals surface area contributed by atoms with Crippen molar-refractivity contribution in [2.45, 2.75) is 43.2 Å². The van der Waals surface area contributed by atoms with Gasteiger partial charge >= 0.3 is 5.97 Å². The van der Waals surface area contributed by atoms with Crippen LogP contribution in [0.5, 0.6) is 0 Å². The number of esters is 1. The number of carbonyl (C=O) groups is 2. The van der Waals surface area contributed by atoms with Crippen LogP contribution in [0.2, 0.25) is 0 Å². The summed E-state index contributed by atoms with van der Waals surface area (Å²) in [5, 5.41) is 13.6. The number of nitrogens with one attached hydrogen (secondary N) is 1. The predicted molar refractivity (Wildman–Crippen MR) is 110 cm³/mol. The molecule has 0 spiro atoms. The highest BCUT2D eigenvalue weighted by Crippen LogP contribution is 2.29. The van der Waals surface area contributed by atoms with Crippen molar-refractivity contribution < 1.29 is 19.2 Å². The number of amides is 1. The molecule has 0 aromatic heterocycles. The SMILES string of the molecule is C[C@H](OC(=O)CSc1ccc([N+](=O)[O-])cc1)C(=O)N[C@@H]1CCCc2ccccc21. The van der Waals surface area contributed by atoms with Crippen molar-refractivity contribution in [3.05, 3.63) is 69.8 Å². The number of thioether (sulfide) groups is 1. The minimum Gasteiger partial charge on any atom is -0.452 e. The normalized spacial score (nSPS) is 16.4. The third-order valence-electron chi connectivity index (χ3n) is 4.77. The molecule has 2 aromatic rings. The second-order valence-corrected chi connectivity index (χ2v) is 7.87. The molecule has 0 bridgehead atoms. The molecule has 0 fully saturated rings. The minimum atomic E-state index is -0.894. The summed E-state index contributed by atoms with van der Waals surface area (Å²) in [5.41, 5.74) is 2.36. The van der Waals surface area contributed by atoms with Gasteiger partial charge in [-0.05, 0) is 49.4 Å². The first-order chi connectivity index (χ1) is 13.9. The van der Waals surface area contributed by atoms with Crippen LogP contribution in [-0.2, 0) is 20.7 Å². The maximum atomic E-state index is 12.5. The summed E-state index contributed by atoms with van der Waals surface area (Å²) in [6.07, 6.45) is 1.98. The molecule has 0 saturated heterocycles. The van der Waals surface area contributed by atoms with Gasteiger partial charge in [0.15, 0.2) is 6.10 Å². The Hall–Kier alpha value is -2.87. The third-order valence-corrected chi connectivity index (χ3v) is 5.75. The molecule has 1 amide bonds. The molecule has 0 unspecified atom stereocenters. The Labute approximate surface area is 173 Å². The van der Waals surface area contributed by atoms with E-state index >= 15 is 0 Å². The molecule has 0 saturated carbocycles. The zero-order chi connectivity index (χ0) is 20.8. The lowest BCUT2D eigenvalue weighted by Crippen LogP contribution is -2.39. The number of hydrogen-bond acceptors (Lipinski definition) is 6. The number of nitro benzene ring substituents is 1. The van der Waals surface area contributed by atoms with Crippen LogP contribution in [-0.4, -0.2) is 28.7 Å². The number of nitro groups is 1. The first kappa shape index (κ1) is 20.9. The van der Waals surface area contributed by atoms with Gasteiger partial charge in [-0.1, -0.05) is 24.3 Å². The molecule has 152 valence electrons. The maximum absolute atomic E-state index is 12.5. The summed E-state index contributed by atoms with van der Waals surface area (Å²) in [4.78, 5) is 35.4. The van der Waals surface area contributed by atoms with E-state index in [-0.39, 0.29) is 23.4 Å². The number of carbonyl (C=O) groups excluding carboxylic acids is 2. The van der Waals surface area contributed by atoms with Gasteiger partial charge in [-0.25, -0.2) is 0 Å². The zero-order valence-corrected chi connectivity index (χ0v) is 16.8. The highest BCUT2D eigenvalue weighted by Gasteiger charge is 2.25. The van der Waals surface area contributed by atoms with Crippen LogP contribution in [0.15, 0.2) is 53.4 Å². The molecule has 1 aliphatic rings. The van der Waals surface area contributed by atoms with E-state index in [1.165, 1.54) is 29.5 Å². The van der Waals surface area contributed by atoms with Crippen LogP contribution in [0.4, 0.5) is 5.69 Å². The van der Waals surface area contributed by atoms with E-state index in [0.717, 1.165) is 24.8 Å². The number of hydrogen-bond donors (Lipinski definition) is 1. The molecule has 2 atom stereocenters. The Morgan fingerprint density at radius 3 is 2.69 bits per heavy atom. The van der Waals surface area contributed by atoms with Crippen molar-refractivity contribution in [3.8, 4) is 0 Å². The Morgan fingerprint density at radius 1 is 1.24 bits per heavy atom. The first-order valence-electron chi connectivity index (χ1n) is 9.39. The molecule has 29 heavy (non-hydrogen) atoms. The van der Waals surface area contributed by atoms with Crippen LogP contribution >= 0.6 is 11.8 Å². The monoisotopic (exact) mass is 414 g/mol. The topological polar surface area (TPSA) is 98.5 Å². The number of benzene rings is 2. The molecule has 1 aliphatic carbocycles. The molecule has 0 radical (unpaired) electrons. The van der Waals surface area contributed by atoms with E-state index in [4.69, 9.17) is 4.74 Å². The number of aryl methyl sites for hydroxylation is 1.